The molecule has 46 valence electrons. The lowest BCUT2D eigenvalue weighted by atomic mass is 10.5. The summed E-state index contributed by atoms with van der Waals surface area (Å²) in [5.74, 6) is -0.426. The highest BCUT2D eigenvalue weighted by molar-refractivity contribution is 5.69. The summed E-state index contributed by atoms with van der Waals surface area (Å²) in [7, 11) is 0. The van der Waals surface area contributed by atoms with Gasteiger partial charge >= 0.3 is 5.97 Å². The van der Waals surface area contributed by atoms with E-state index in [4.69, 9.17) is 0 Å². The van der Waals surface area contributed by atoms with Gasteiger partial charge in [0.25, 0.3) is 0 Å². The molecule has 0 unspecified atom stereocenters. The second-order valence-electron chi connectivity index (χ2n) is 1.45. The highest BCUT2D eigenvalue weighted by Gasteiger charge is 1.99. The van der Waals surface area contributed by atoms with E-state index in [-0.39, 0.29) is 0 Å². The van der Waals surface area contributed by atoms with Crippen molar-refractivity contribution in [2.24, 2.45) is 0 Å². The van der Waals surface area contributed by atoms with Crippen molar-refractivity contribution in [2.75, 3.05) is 0 Å². The zero-order valence-corrected chi connectivity index (χ0v) is 4.88. The maximum absolute atomic E-state index is 10.0. The fourth-order valence-corrected chi connectivity index (χ4v) is 0.290. The standard InChI is InChI=1S/C5H8O3/c1-4(3-6)8-5(2)7/h3-4H,1-2H3/t4-/m1/s1. The molecule has 0 saturated carbocycles. The Morgan fingerprint density at radius 1 is 1.75 bits per heavy atom. The van der Waals surface area contributed by atoms with Crippen LogP contribution in [0.4, 0.5) is 0 Å². The van der Waals surface area contributed by atoms with Crippen molar-refractivity contribution in [3.05, 3.63) is 0 Å². The first-order chi connectivity index (χ1) is 3.66. The first-order valence-corrected chi connectivity index (χ1v) is 2.29. The normalized spacial score (nSPS) is 12.2. The minimum atomic E-state index is -0.604. The summed E-state index contributed by atoms with van der Waals surface area (Å²) in [5.41, 5.74) is 0. The van der Waals surface area contributed by atoms with E-state index in [1.165, 1.54) is 13.8 Å². The van der Waals surface area contributed by atoms with Gasteiger partial charge in [-0.2, -0.15) is 0 Å². The summed E-state index contributed by atoms with van der Waals surface area (Å²) >= 11 is 0. The number of esters is 1. The second kappa shape index (κ2) is 3.18. The number of carbonyl (C=O) groups excluding carboxylic acids is 2. The van der Waals surface area contributed by atoms with Crippen LogP contribution in [-0.2, 0) is 14.3 Å². The molecule has 0 heterocycles. The fraction of sp³-hybridized carbons (Fsp3) is 0.600. The highest BCUT2D eigenvalue weighted by Crippen LogP contribution is 1.83. The monoisotopic (exact) mass is 116 g/mol. The number of aldehydes is 1. The van der Waals surface area contributed by atoms with E-state index in [9.17, 15) is 9.59 Å². The molecule has 0 spiro atoms. The van der Waals surface area contributed by atoms with Gasteiger partial charge in [0, 0.05) is 6.92 Å². The molecule has 0 saturated heterocycles. The second-order valence-corrected chi connectivity index (χ2v) is 1.45. The SMILES string of the molecule is CC(=O)O[C@H](C)C=O. The van der Waals surface area contributed by atoms with Crippen LogP contribution in [0.1, 0.15) is 13.8 Å². The third-order valence-corrected chi connectivity index (χ3v) is 0.543. The number of hydrogen-bond acceptors (Lipinski definition) is 3. The van der Waals surface area contributed by atoms with Gasteiger partial charge in [0.2, 0.25) is 0 Å². The van der Waals surface area contributed by atoms with Gasteiger partial charge in [-0.25, -0.2) is 0 Å². The zero-order chi connectivity index (χ0) is 6.57. The van der Waals surface area contributed by atoms with Crippen molar-refractivity contribution in [3.8, 4) is 0 Å². The molecule has 1 atom stereocenters. The molecule has 0 amide bonds. The van der Waals surface area contributed by atoms with Crippen molar-refractivity contribution < 1.29 is 14.3 Å². The van der Waals surface area contributed by atoms with E-state index in [1.54, 1.807) is 0 Å². The van der Waals surface area contributed by atoms with Crippen molar-refractivity contribution >= 4 is 12.3 Å². The average Bonchev–Trinajstić information content (AvgIpc) is 1.65. The Bertz CT molecular complexity index is 97.8. The third-order valence-electron chi connectivity index (χ3n) is 0.543. The average molecular weight is 116 g/mol. The van der Waals surface area contributed by atoms with Gasteiger partial charge in [-0.3, -0.25) is 9.59 Å². The van der Waals surface area contributed by atoms with E-state index < -0.39 is 12.1 Å². The van der Waals surface area contributed by atoms with Crippen LogP contribution in [0.3, 0.4) is 0 Å². The van der Waals surface area contributed by atoms with Gasteiger partial charge in [-0.15, -0.1) is 0 Å². The van der Waals surface area contributed by atoms with Crippen LogP contribution < -0.4 is 0 Å². The van der Waals surface area contributed by atoms with Gasteiger partial charge in [0.15, 0.2) is 12.4 Å². The number of ether oxygens (including phenoxy) is 1. The predicted octanol–water partition coefficient (Wildman–Crippen LogP) is 0.137. The van der Waals surface area contributed by atoms with E-state index in [0.29, 0.717) is 6.29 Å². The Morgan fingerprint density at radius 3 is 2.38 bits per heavy atom. The summed E-state index contributed by atoms with van der Waals surface area (Å²) in [4.78, 5) is 19.8. The Labute approximate surface area is 47.6 Å². The summed E-state index contributed by atoms with van der Waals surface area (Å²) < 4.78 is 4.39. The molecule has 0 rings (SSSR count). The molecule has 0 aliphatic heterocycles. The van der Waals surface area contributed by atoms with Crippen molar-refractivity contribution in [2.45, 2.75) is 20.0 Å². The Morgan fingerprint density at radius 2 is 2.25 bits per heavy atom. The van der Waals surface area contributed by atoms with Gasteiger partial charge in [-0.1, -0.05) is 0 Å². The van der Waals surface area contributed by atoms with Crippen LogP contribution in [0.5, 0.6) is 0 Å². The smallest absolute Gasteiger partial charge is 0.303 e. The molecule has 0 aromatic carbocycles. The Balaban J connectivity index is 3.38. The lowest BCUT2D eigenvalue weighted by Gasteiger charge is -2.00. The number of hydrogen-bond donors (Lipinski definition) is 0. The van der Waals surface area contributed by atoms with Crippen LogP contribution >= 0.6 is 0 Å². The van der Waals surface area contributed by atoms with Crippen LogP contribution in [0.25, 0.3) is 0 Å². The van der Waals surface area contributed by atoms with Crippen molar-refractivity contribution in [3.63, 3.8) is 0 Å². The molecule has 0 aliphatic rings. The number of carbonyl (C=O) groups is 2. The van der Waals surface area contributed by atoms with E-state index >= 15 is 0 Å². The van der Waals surface area contributed by atoms with Crippen molar-refractivity contribution in [1.29, 1.82) is 0 Å². The fourth-order valence-electron chi connectivity index (χ4n) is 0.290. The van der Waals surface area contributed by atoms with Crippen molar-refractivity contribution in [1.82, 2.24) is 0 Å². The largest absolute Gasteiger partial charge is 0.455 e. The quantitative estimate of drug-likeness (QED) is 0.380. The third kappa shape index (κ3) is 3.33. The molecule has 0 bridgehead atoms. The minimum Gasteiger partial charge on any atom is -0.455 e. The zero-order valence-electron chi connectivity index (χ0n) is 4.88. The van der Waals surface area contributed by atoms with Crippen LogP contribution in [0.15, 0.2) is 0 Å². The molecule has 3 heteroatoms. The maximum Gasteiger partial charge on any atom is 0.303 e. The molecule has 0 aromatic heterocycles. The maximum atomic E-state index is 10.0. The first kappa shape index (κ1) is 7.14. The molecule has 0 aliphatic carbocycles. The van der Waals surface area contributed by atoms with Gasteiger partial charge in [0.1, 0.15) is 0 Å². The molecule has 3 nitrogen and oxygen atoms in total. The number of rotatable bonds is 2. The van der Waals surface area contributed by atoms with Crippen LogP contribution in [-0.4, -0.2) is 18.4 Å². The minimum absolute atomic E-state index is 0.426. The van der Waals surface area contributed by atoms with Gasteiger partial charge in [0.05, 0.1) is 0 Å². The highest BCUT2D eigenvalue weighted by atomic mass is 16.5. The molecule has 8 heavy (non-hydrogen) atoms. The molecule has 0 aromatic rings. The molecule has 0 radical (unpaired) electrons. The molecular weight excluding hydrogens is 108 g/mol. The molecule has 0 N–H and O–H groups in total. The first-order valence-electron chi connectivity index (χ1n) is 2.29. The molecule has 0 fully saturated rings. The summed E-state index contributed by atoms with van der Waals surface area (Å²) in [5, 5.41) is 0. The Hall–Kier alpha value is -0.860. The van der Waals surface area contributed by atoms with E-state index in [2.05, 4.69) is 4.74 Å². The summed E-state index contributed by atoms with van der Waals surface area (Å²) in [6.07, 6.45) is -0.0333. The predicted molar refractivity (Wildman–Crippen MR) is 27.3 cm³/mol. The summed E-state index contributed by atoms with van der Waals surface area (Å²) in [6.45, 7) is 2.77. The van der Waals surface area contributed by atoms with Gasteiger partial charge < -0.3 is 4.74 Å². The summed E-state index contributed by atoms with van der Waals surface area (Å²) in [6, 6.07) is 0. The van der Waals surface area contributed by atoms with E-state index in [1.807, 2.05) is 0 Å². The van der Waals surface area contributed by atoms with E-state index in [0.717, 1.165) is 0 Å². The van der Waals surface area contributed by atoms with Gasteiger partial charge in [-0.05, 0) is 6.92 Å². The molecular formula is C5H8O3. The van der Waals surface area contributed by atoms with Crippen LogP contribution in [0, 0.1) is 0 Å². The Kier molecular flexibility index (Phi) is 2.84. The van der Waals surface area contributed by atoms with Crippen LogP contribution in [0.2, 0.25) is 0 Å². The lowest BCUT2D eigenvalue weighted by molar-refractivity contribution is -0.148. The lowest BCUT2D eigenvalue weighted by Crippen LogP contribution is -2.12. The topological polar surface area (TPSA) is 43.4 Å².